The van der Waals surface area contributed by atoms with Gasteiger partial charge in [-0.05, 0) is 75.4 Å². The van der Waals surface area contributed by atoms with Crippen molar-refractivity contribution in [2.75, 3.05) is 29.9 Å². The third-order valence-corrected chi connectivity index (χ3v) is 7.91. The number of hydrogen-bond acceptors (Lipinski definition) is 4. The van der Waals surface area contributed by atoms with Gasteiger partial charge in [-0.3, -0.25) is 4.79 Å². The number of carbonyl (C=O) groups is 1. The Hall–Kier alpha value is -2.38. The Morgan fingerprint density at radius 3 is 2.23 bits per heavy atom. The van der Waals surface area contributed by atoms with E-state index in [4.69, 9.17) is 0 Å². The van der Waals surface area contributed by atoms with E-state index < -0.39 is 16.1 Å². The quantitative estimate of drug-likeness (QED) is 0.788. The normalized spacial score (nSPS) is 20.3. The van der Waals surface area contributed by atoms with Crippen LogP contribution in [0.5, 0.6) is 0 Å². The van der Waals surface area contributed by atoms with Gasteiger partial charge in [0.05, 0.1) is 4.90 Å². The number of sulfonamides is 1. The Bertz CT molecular complexity index is 981. The van der Waals surface area contributed by atoms with Crippen LogP contribution in [-0.2, 0) is 14.8 Å². The van der Waals surface area contributed by atoms with Crippen molar-refractivity contribution in [2.45, 2.75) is 50.0 Å². The van der Waals surface area contributed by atoms with Crippen LogP contribution in [0.4, 0.5) is 11.4 Å². The van der Waals surface area contributed by atoms with Gasteiger partial charge in [0.25, 0.3) is 0 Å². The van der Waals surface area contributed by atoms with E-state index in [0.717, 1.165) is 24.3 Å². The fourth-order valence-electron chi connectivity index (χ4n) is 4.27. The van der Waals surface area contributed by atoms with Crippen molar-refractivity contribution in [3.8, 4) is 0 Å². The second-order valence-electron chi connectivity index (χ2n) is 8.17. The smallest absolute Gasteiger partial charge is 0.243 e. The van der Waals surface area contributed by atoms with Crippen LogP contribution < -0.4 is 10.2 Å². The third kappa shape index (κ3) is 4.37. The molecule has 2 aromatic carbocycles. The van der Waals surface area contributed by atoms with E-state index in [1.165, 1.54) is 23.6 Å². The van der Waals surface area contributed by atoms with Crippen molar-refractivity contribution in [3.05, 3.63) is 54.1 Å². The molecule has 2 aliphatic heterocycles. The van der Waals surface area contributed by atoms with Gasteiger partial charge in [-0.25, -0.2) is 8.42 Å². The van der Waals surface area contributed by atoms with Gasteiger partial charge >= 0.3 is 0 Å². The summed E-state index contributed by atoms with van der Waals surface area (Å²) in [6.45, 7) is 4.42. The molecule has 160 valence electrons. The number of nitrogens with one attached hydrogen (secondary N) is 1. The van der Waals surface area contributed by atoms with E-state index in [9.17, 15) is 13.2 Å². The zero-order valence-electron chi connectivity index (χ0n) is 17.4. The highest BCUT2D eigenvalue weighted by molar-refractivity contribution is 7.89. The minimum Gasteiger partial charge on any atom is -0.372 e. The fourth-order valence-corrected chi connectivity index (χ4v) is 5.93. The highest BCUT2D eigenvalue weighted by Gasteiger charge is 2.39. The molecule has 1 amide bonds. The number of hydrogen-bond donors (Lipinski definition) is 1. The minimum atomic E-state index is -3.70. The molecular formula is C23H29N3O3S. The Morgan fingerprint density at radius 1 is 0.900 bits per heavy atom. The fraction of sp³-hybridized carbons (Fsp3) is 0.435. The first kappa shape index (κ1) is 20.9. The van der Waals surface area contributed by atoms with Crippen LogP contribution in [-0.4, -0.2) is 44.3 Å². The Kier molecular flexibility index (Phi) is 6.11. The zero-order valence-corrected chi connectivity index (χ0v) is 18.2. The summed E-state index contributed by atoms with van der Waals surface area (Å²) >= 11 is 0. The molecule has 0 bridgehead atoms. The Labute approximate surface area is 178 Å². The average molecular weight is 428 g/mol. The summed E-state index contributed by atoms with van der Waals surface area (Å²) in [7, 11) is -3.70. The van der Waals surface area contributed by atoms with E-state index in [1.807, 2.05) is 31.2 Å². The summed E-state index contributed by atoms with van der Waals surface area (Å²) in [4.78, 5) is 15.5. The van der Waals surface area contributed by atoms with Gasteiger partial charge in [0, 0.05) is 31.0 Å². The van der Waals surface area contributed by atoms with Gasteiger partial charge in [0.15, 0.2) is 0 Å². The van der Waals surface area contributed by atoms with Gasteiger partial charge in [-0.15, -0.1) is 0 Å². The van der Waals surface area contributed by atoms with E-state index in [1.54, 1.807) is 24.3 Å². The van der Waals surface area contributed by atoms with Crippen LogP contribution in [0.3, 0.4) is 0 Å². The average Bonchev–Trinajstić information content (AvgIpc) is 3.26. The van der Waals surface area contributed by atoms with Crippen molar-refractivity contribution >= 4 is 27.3 Å². The van der Waals surface area contributed by atoms with E-state index in [0.29, 0.717) is 25.1 Å². The second kappa shape index (κ2) is 8.78. The lowest BCUT2D eigenvalue weighted by Gasteiger charge is -2.29. The summed E-state index contributed by atoms with van der Waals surface area (Å²) in [5.41, 5.74) is 2.86. The van der Waals surface area contributed by atoms with Crippen LogP contribution in [0.25, 0.3) is 0 Å². The summed E-state index contributed by atoms with van der Waals surface area (Å²) in [6, 6.07) is 13.9. The molecule has 2 aromatic rings. The number of anilines is 2. The van der Waals surface area contributed by atoms with Crippen molar-refractivity contribution < 1.29 is 13.2 Å². The second-order valence-corrected chi connectivity index (χ2v) is 10.1. The molecule has 0 saturated carbocycles. The Morgan fingerprint density at radius 2 is 1.57 bits per heavy atom. The van der Waals surface area contributed by atoms with Gasteiger partial charge in [-0.1, -0.05) is 17.7 Å². The maximum Gasteiger partial charge on any atom is 0.243 e. The first-order valence-corrected chi connectivity index (χ1v) is 12.1. The van der Waals surface area contributed by atoms with Crippen LogP contribution in [0.2, 0.25) is 0 Å². The molecule has 30 heavy (non-hydrogen) atoms. The lowest BCUT2D eigenvalue weighted by Crippen LogP contribution is -2.43. The predicted octanol–water partition coefficient (Wildman–Crippen LogP) is 3.78. The van der Waals surface area contributed by atoms with Crippen molar-refractivity contribution in [1.82, 2.24) is 4.31 Å². The molecule has 2 aliphatic rings. The standard InChI is InChI=1S/C23H29N3O3S/c1-18-7-13-21(14-8-18)30(28,29)26-17-5-6-22(26)23(27)24-19-9-11-20(12-10-19)25-15-3-2-4-16-25/h7-14,22H,2-6,15-17H2,1H3,(H,24,27). The molecule has 1 atom stereocenters. The van der Waals surface area contributed by atoms with E-state index in [2.05, 4.69) is 10.2 Å². The molecule has 1 unspecified atom stereocenters. The SMILES string of the molecule is Cc1ccc(S(=O)(=O)N2CCCC2C(=O)Nc2ccc(N3CCCCC3)cc2)cc1. The minimum absolute atomic E-state index is 0.235. The number of piperidine rings is 1. The molecule has 0 radical (unpaired) electrons. The molecule has 0 aromatic heterocycles. The molecule has 7 heteroatoms. The molecule has 2 heterocycles. The number of rotatable bonds is 5. The first-order valence-electron chi connectivity index (χ1n) is 10.7. The molecule has 1 N–H and O–H groups in total. The maximum atomic E-state index is 13.1. The topological polar surface area (TPSA) is 69.7 Å². The van der Waals surface area contributed by atoms with Crippen molar-refractivity contribution in [3.63, 3.8) is 0 Å². The third-order valence-electron chi connectivity index (χ3n) is 5.99. The predicted molar refractivity (Wildman–Crippen MR) is 119 cm³/mol. The summed E-state index contributed by atoms with van der Waals surface area (Å²) < 4.78 is 27.5. The molecule has 2 fully saturated rings. The van der Waals surface area contributed by atoms with Gasteiger partial charge in [-0.2, -0.15) is 4.31 Å². The van der Waals surface area contributed by atoms with Crippen LogP contribution in [0.15, 0.2) is 53.4 Å². The number of aryl methyl sites for hydroxylation is 1. The van der Waals surface area contributed by atoms with Crippen molar-refractivity contribution in [1.29, 1.82) is 0 Å². The molecule has 6 nitrogen and oxygen atoms in total. The van der Waals surface area contributed by atoms with Crippen LogP contribution in [0, 0.1) is 6.92 Å². The first-order chi connectivity index (χ1) is 14.4. The monoisotopic (exact) mass is 427 g/mol. The lowest BCUT2D eigenvalue weighted by molar-refractivity contribution is -0.119. The van der Waals surface area contributed by atoms with Gasteiger partial charge < -0.3 is 10.2 Å². The molecule has 4 rings (SSSR count). The summed E-state index contributed by atoms with van der Waals surface area (Å²) in [5, 5.41) is 2.91. The number of nitrogens with zero attached hydrogens (tertiary/aromatic N) is 2. The number of benzene rings is 2. The molecule has 0 spiro atoms. The molecule has 2 saturated heterocycles. The largest absolute Gasteiger partial charge is 0.372 e. The molecular weight excluding hydrogens is 398 g/mol. The maximum absolute atomic E-state index is 13.1. The van der Waals surface area contributed by atoms with Crippen LogP contribution in [0.1, 0.15) is 37.7 Å². The van der Waals surface area contributed by atoms with Gasteiger partial charge in [0.2, 0.25) is 15.9 Å². The van der Waals surface area contributed by atoms with Gasteiger partial charge in [0.1, 0.15) is 6.04 Å². The number of carbonyl (C=O) groups excluding carboxylic acids is 1. The molecule has 0 aliphatic carbocycles. The van der Waals surface area contributed by atoms with E-state index in [-0.39, 0.29) is 10.8 Å². The Balaban J connectivity index is 1.45. The highest BCUT2D eigenvalue weighted by atomic mass is 32.2. The lowest BCUT2D eigenvalue weighted by atomic mass is 10.1. The van der Waals surface area contributed by atoms with Crippen molar-refractivity contribution in [2.24, 2.45) is 0 Å². The summed E-state index contributed by atoms with van der Waals surface area (Å²) in [6.07, 6.45) is 4.92. The zero-order chi connectivity index (χ0) is 21.1. The number of amides is 1. The highest BCUT2D eigenvalue weighted by Crippen LogP contribution is 2.28. The van der Waals surface area contributed by atoms with E-state index >= 15 is 0 Å². The summed E-state index contributed by atoms with van der Waals surface area (Å²) in [5.74, 6) is -0.270. The van der Waals surface area contributed by atoms with Crippen LogP contribution >= 0.6 is 0 Å².